The normalized spacial score (nSPS) is 13.7. The average Bonchev–Trinajstić information content (AvgIpc) is 2.88. The highest BCUT2D eigenvalue weighted by Crippen LogP contribution is 2.23. The van der Waals surface area contributed by atoms with Crippen LogP contribution in [0.1, 0.15) is 11.1 Å². The smallest absolute Gasteiger partial charge is 0.250 e. The number of morpholine rings is 1. The largest absolute Gasteiger partial charge is 0.497 e. The number of nitrogens with one attached hydrogen (secondary N) is 2. The van der Waals surface area contributed by atoms with Crippen LogP contribution >= 0.6 is 0 Å². The molecule has 0 saturated carbocycles. The maximum absolute atomic E-state index is 5.45. The molecule has 172 valence electrons. The fourth-order valence-corrected chi connectivity index (χ4v) is 3.26. The number of anilines is 3. The van der Waals surface area contributed by atoms with Gasteiger partial charge in [0.25, 0.3) is 0 Å². The Bertz CT molecular complexity index is 1070. The lowest BCUT2D eigenvalue weighted by Gasteiger charge is -2.27. The zero-order valence-corrected chi connectivity index (χ0v) is 18.7. The van der Waals surface area contributed by atoms with Gasteiger partial charge in [0.05, 0.1) is 33.6 Å². The van der Waals surface area contributed by atoms with E-state index in [1.165, 1.54) is 0 Å². The van der Waals surface area contributed by atoms with Crippen molar-refractivity contribution in [1.29, 1.82) is 0 Å². The third kappa shape index (κ3) is 6.07. The van der Waals surface area contributed by atoms with Gasteiger partial charge in [-0.15, -0.1) is 0 Å². The quantitative estimate of drug-likeness (QED) is 0.377. The van der Waals surface area contributed by atoms with Crippen LogP contribution in [-0.4, -0.2) is 61.7 Å². The van der Waals surface area contributed by atoms with Crippen LogP contribution in [0.4, 0.5) is 17.8 Å². The van der Waals surface area contributed by atoms with Gasteiger partial charge in [0.2, 0.25) is 17.8 Å². The molecule has 1 saturated heterocycles. The third-order valence-corrected chi connectivity index (χ3v) is 5.02. The van der Waals surface area contributed by atoms with E-state index in [2.05, 4.69) is 35.7 Å². The molecule has 0 spiro atoms. The number of methoxy groups -OCH3 is 2. The van der Waals surface area contributed by atoms with Crippen molar-refractivity contribution < 1.29 is 14.2 Å². The first-order valence-corrected chi connectivity index (χ1v) is 10.6. The number of hydrogen-bond acceptors (Lipinski definition) is 10. The Kier molecular flexibility index (Phi) is 7.49. The summed E-state index contributed by atoms with van der Waals surface area (Å²) in [7, 11) is 3.21. The maximum Gasteiger partial charge on any atom is 0.250 e. The Morgan fingerprint density at radius 3 is 2.55 bits per heavy atom. The van der Waals surface area contributed by atoms with Gasteiger partial charge in [-0.05, 0) is 17.7 Å². The number of aromatic nitrogens is 3. The summed E-state index contributed by atoms with van der Waals surface area (Å²) in [5.74, 6) is 2.73. The Balaban J connectivity index is 1.52. The Morgan fingerprint density at radius 1 is 1.00 bits per heavy atom. The molecule has 1 aliphatic rings. The number of ether oxygens (including phenoxy) is 3. The first-order valence-electron chi connectivity index (χ1n) is 10.6. The van der Waals surface area contributed by atoms with E-state index in [4.69, 9.17) is 14.2 Å². The van der Waals surface area contributed by atoms with Gasteiger partial charge in [-0.1, -0.05) is 30.3 Å². The van der Waals surface area contributed by atoms with Crippen LogP contribution in [0.2, 0.25) is 0 Å². The lowest BCUT2D eigenvalue weighted by molar-refractivity contribution is 0.122. The maximum atomic E-state index is 5.45. The zero-order chi connectivity index (χ0) is 22.9. The molecule has 0 radical (unpaired) electrons. The summed E-state index contributed by atoms with van der Waals surface area (Å²) in [4.78, 5) is 15.7. The molecule has 0 aliphatic carbocycles. The molecule has 33 heavy (non-hydrogen) atoms. The first kappa shape index (κ1) is 22.3. The number of nitrogens with zero attached hydrogens (tertiary/aromatic N) is 5. The molecule has 10 nitrogen and oxygen atoms in total. The predicted molar refractivity (Wildman–Crippen MR) is 127 cm³/mol. The first-order chi connectivity index (χ1) is 16.2. The van der Waals surface area contributed by atoms with Crippen LogP contribution in [0.15, 0.2) is 53.6 Å². The van der Waals surface area contributed by atoms with Gasteiger partial charge in [0.1, 0.15) is 11.5 Å². The van der Waals surface area contributed by atoms with E-state index in [1.54, 1.807) is 26.5 Å². The lowest BCUT2D eigenvalue weighted by Crippen LogP contribution is -2.37. The molecule has 0 bridgehead atoms. The summed E-state index contributed by atoms with van der Waals surface area (Å²) >= 11 is 0. The topological polar surface area (TPSA) is 106 Å². The highest BCUT2D eigenvalue weighted by molar-refractivity contribution is 5.84. The summed E-state index contributed by atoms with van der Waals surface area (Å²) in [6.45, 7) is 3.30. The Hall–Kier alpha value is -3.92. The number of rotatable bonds is 9. The van der Waals surface area contributed by atoms with Gasteiger partial charge in [-0.2, -0.15) is 20.1 Å². The summed E-state index contributed by atoms with van der Waals surface area (Å²) < 4.78 is 16.1. The van der Waals surface area contributed by atoms with Gasteiger partial charge in [0, 0.05) is 31.3 Å². The van der Waals surface area contributed by atoms with E-state index in [-0.39, 0.29) is 0 Å². The second-order valence-corrected chi connectivity index (χ2v) is 7.20. The van der Waals surface area contributed by atoms with Crippen LogP contribution < -0.4 is 25.1 Å². The molecule has 2 N–H and O–H groups in total. The van der Waals surface area contributed by atoms with E-state index in [9.17, 15) is 0 Å². The number of benzene rings is 2. The molecule has 2 heterocycles. The summed E-state index contributed by atoms with van der Waals surface area (Å²) in [5.41, 5.74) is 4.83. The van der Waals surface area contributed by atoms with Crippen molar-refractivity contribution in [2.24, 2.45) is 5.10 Å². The molecule has 1 aromatic heterocycles. The van der Waals surface area contributed by atoms with Gasteiger partial charge in [-0.3, -0.25) is 0 Å². The molecule has 1 fully saturated rings. The molecule has 4 rings (SSSR count). The van der Waals surface area contributed by atoms with E-state index in [0.29, 0.717) is 62.2 Å². The zero-order valence-electron chi connectivity index (χ0n) is 18.7. The highest BCUT2D eigenvalue weighted by atomic mass is 16.5. The van der Waals surface area contributed by atoms with Crippen LogP contribution in [0.3, 0.4) is 0 Å². The van der Waals surface area contributed by atoms with Gasteiger partial charge < -0.3 is 24.4 Å². The van der Waals surface area contributed by atoms with Gasteiger partial charge in [0.15, 0.2) is 0 Å². The van der Waals surface area contributed by atoms with E-state index < -0.39 is 0 Å². The average molecular weight is 450 g/mol. The van der Waals surface area contributed by atoms with E-state index in [0.717, 1.165) is 11.1 Å². The third-order valence-electron chi connectivity index (χ3n) is 5.02. The highest BCUT2D eigenvalue weighted by Gasteiger charge is 2.16. The van der Waals surface area contributed by atoms with Crippen LogP contribution in [0, 0.1) is 0 Å². The number of hydrogen-bond donors (Lipinski definition) is 2. The second kappa shape index (κ2) is 11.1. The SMILES string of the molecule is COc1ccc(C=NNc2nc(NCc3ccccc3)nc(N3CCOCC3)n2)c(OC)c1. The molecule has 0 amide bonds. The standard InChI is InChI=1S/C23H27N7O3/c1-31-19-9-8-18(20(14-19)32-2)16-25-29-22-26-21(24-15-17-6-4-3-5-7-17)27-23(28-22)30-10-12-33-13-11-30/h3-9,14,16H,10-13,15H2,1-2H3,(H2,24,26,27,28,29). The summed E-state index contributed by atoms with van der Waals surface area (Å²) in [6.07, 6.45) is 1.65. The molecule has 3 aromatic rings. The monoisotopic (exact) mass is 449 g/mol. The number of hydrazone groups is 1. The van der Waals surface area contributed by atoms with Crippen LogP contribution in [0.25, 0.3) is 0 Å². The van der Waals surface area contributed by atoms with Crippen molar-refractivity contribution >= 4 is 24.1 Å². The Labute approximate surface area is 192 Å². The minimum Gasteiger partial charge on any atom is -0.497 e. The molecule has 0 atom stereocenters. The molecule has 2 aromatic carbocycles. The van der Waals surface area contributed by atoms with Gasteiger partial charge in [-0.25, -0.2) is 5.43 Å². The molecular weight excluding hydrogens is 422 g/mol. The van der Waals surface area contributed by atoms with Crippen LogP contribution in [-0.2, 0) is 11.3 Å². The lowest BCUT2D eigenvalue weighted by atomic mass is 10.2. The molecule has 1 aliphatic heterocycles. The minimum atomic E-state index is 0.339. The predicted octanol–water partition coefficient (Wildman–Crippen LogP) is 2.78. The summed E-state index contributed by atoms with van der Waals surface area (Å²) in [5, 5.41) is 7.58. The van der Waals surface area contributed by atoms with Crippen LogP contribution in [0.5, 0.6) is 11.5 Å². The van der Waals surface area contributed by atoms with Gasteiger partial charge >= 0.3 is 0 Å². The second-order valence-electron chi connectivity index (χ2n) is 7.20. The fourth-order valence-electron chi connectivity index (χ4n) is 3.26. The molecular formula is C23H27N7O3. The molecule has 10 heteroatoms. The fraction of sp³-hybridized carbons (Fsp3) is 0.304. The van der Waals surface area contributed by atoms with E-state index in [1.807, 2.05) is 42.5 Å². The minimum absolute atomic E-state index is 0.339. The van der Waals surface area contributed by atoms with Crippen molar-refractivity contribution in [2.75, 3.05) is 56.2 Å². The van der Waals surface area contributed by atoms with Crippen molar-refractivity contribution in [3.63, 3.8) is 0 Å². The molecule has 0 unspecified atom stereocenters. The van der Waals surface area contributed by atoms with E-state index >= 15 is 0 Å². The van der Waals surface area contributed by atoms with Crippen molar-refractivity contribution in [3.8, 4) is 11.5 Å². The van der Waals surface area contributed by atoms with Crippen molar-refractivity contribution in [2.45, 2.75) is 6.54 Å². The van der Waals surface area contributed by atoms with Crippen molar-refractivity contribution in [3.05, 3.63) is 59.7 Å². The van der Waals surface area contributed by atoms with Crippen molar-refractivity contribution in [1.82, 2.24) is 15.0 Å². The Morgan fingerprint density at radius 2 is 1.79 bits per heavy atom. The summed E-state index contributed by atoms with van der Waals surface area (Å²) in [6, 6.07) is 15.6.